The van der Waals surface area contributed by atoms with Crippen molar-refractivity contribution in [3.63, 3.8) is 0 Å². The predicted molar refractivity (Wildman–Crippen MR) is 83.8 cm³/mol. The van der Waals surface area contributed by atoms with Gasteiger partial charge >= 0.3 is 0 Å². The van der Waals surface area contributed by atoms with Crippen molar-refractivity contribution in [3.8, 4) is 0 Å². The lowest BCUT2D eigenvalue weighted by Gasteiger charge is -2.35. The molecule has 0 aliphatic heterocycles. The van der Waals surface area contributed by atoms with Gasteiger partial charge in [-0.2, -0.15) is 5.10 Å². The molecule has 0 aliphatic rings. The number of hydrogen-bond acceptors (Lipinski definition) is 2. The zero-order valence-electron chi connectivity index (χ0n) is 13.2. The van der Waals surface area contributed by atoms with E-state index in [0.717, 1.165) is 18.4 Å². The van der Waals surface area contributed by atoms with E-state index < -0.39 is 0 Å². The van der Waals surface area contributed by atoms with Crippen LogP contribution in [0.5, 0.6) is 0 Å². The molecule has 1 aromatic carbocycles. The number of halogens is 1. The topological polar surface area (TPSA) is 29.9 Å². The molecular weight excluding hydrogens is 265 g/mol. The minimum absolute atomic E-state index is 0.0684. The van der Waals surface area contributed by atoms with Crippen molar-refractivity contribution < 1.29 is 4.39 Å². The van der Waals surface area contributed by atoms with Crippen molar-refractivity contribution in [2.24, 2.45) is 7.05 Å². The van der Waals surface area contributed by atoms with Crippen LogP contribution in [0.4, 0.5) is 4.39 Å². The number of likely N-dealkylation sites (N-methyl/N-ethyl adjacent to an activating group) is 1. The third kappa shape index (κ3) is 3.50. The van der Waals surface area contributed by atoms with Crippen molar-refractivity contribution in [1.82, 2.24) is 15.1 Å². The van der Waals surface area contributed by atoms with Crippen molar-refractivity contribution in [1.29, 1.82) is 0 Å². The largest absolute Gasteiger partial charge is 0.316 e. The summed E-state index contributed by atoms with van der Waals surface area (Å²) in [6.45, 7) is 4.40. The van der Waals surface area contributed by atoms with E-state index in [1.807, 2.05) is 37.1 Å². The number of rotatable bonds is 6. The monoisotopic (exact) mass is 289 g/mol. The van der Waals surface area contributed by atoms with Gasteiger partial charge in [-0.15, -0.1) is 0 Å². The summed E-state index contributed by atoms with van der Waals surface area (Å²) >= 11 is 0. The summed E-state index contributed by atoms with van der Waals surface area (Å²) in [5.74, 6) is -0.189. The van der Waals surface area contributed by atoms with Gasteiger partial charge in [-0.3, -0.25) is 4.68 Å². The Morgan fingerprint density at radius 1 is 1.24 bits per heavy atom. The first-order valence-electron chi connectivity index (χ1n) is 7.35. The molecule has 114 valence electrons. The minimum Gasteiger partial charge on any atom is -0.316 e. The number of hydrogen-bond donors (Lipinski definition) is 1. The average Bonchev–Trinajstić information content (AvgIpc) is 2.85. The van der Waals surface area contributed by atoms with E-state index in [9.17, 15) is 4.39 Å². The lowest BCUT2D eigenvalue weighted by molar-refractivity contribution is 0.338. The van der Waals surface area contributed by atoms with Crippen LogP contribution in [0.15, 0.2) is 36.5 Å². The molecule has 2 aromatic rings. The van der Waals surface area contributed by atoms with Crippen LogP contribution in [-0.4, -0.2) is 22.9 Å². The van der Waals surface area contributed by atoms with E-state index in [-0.39, 0.29) is 11.2 Å². The molecule has 2 rings (SSSR count). The standard InChI is InChI=1S/C17H24FN3/c1-17(2,13-5-7-14(18)8-6-13)16(19-3)10-9-15-11-12-20-21(15)4/h5-8,11-12,16,19H,9-10H2,1-4H3. The molecule has 1 unspecified atom stereocenters. The Morgan fingerprint density at radius 2 is 1.90 bits per heavy atom. The molecule has 0 saturated heterocycles. The van der Waals surface area contributed by atoms with E-state index in [2.05, 4.69) is 30.3 Å². The molecule has 0 bridgehead atoms. The first kappa shape index (κ1) is 15.7. The Labute approximate surface area is 126 Å². The van der Waals surface area contributed by atoms with Gasteiger partial charge in [0.2, 0.25) is 0 Å². The maximum atomic E-state index is 13.1. The fourth-order valence-electron chi connectivity index (χ4n) is 2.89. The average molecular weight is 289 g/mol. The molecule has 0 radical (unpaired) electrons. The van der Waals surface area contributed by atoms with E-state index in [1.165, 1.54) is 17.8 Å². The minimum atomic E-state index is -0.189. The summed E-state index contributed by atoms with van der Waals surface area (Å²) in [6.07, 6.45) is 3.79. The quantitative estimate of drug-likeness (QED) is 0.886. The summed E-state index contributed by atoms with van der Waals surface area (Å²) < 4.78 is 15.0. The predicted octanol–water partition coefficient (Wildman–Crippen LogP) is 3.06. The SMILES string of the molecule is CNC(CCc1ccnn1C)C(C)(C)c1ccc(F)cc1. The van der Waals surface area contributed by atoms with Crippen LogP contribution >= 0.6 is 0 Å². The van der Waals surface area contributed by atoms with Gasteiger partial charge in [-0.05, 0) is 43.7 Å². The van der Waals surface area contributed by atoms with Gasteiger partial charge in [0.15, 0.2) is 0 Å². The van der Waals surface area contributed by atoms with Crippen LogP contribution in [-0.2, 0) is 18.9 Å². The van der Waals surface area contributed by atoms with Gasteiger partial charge in [-0.1, -0.05) is 26.0 Å². The summed E-state index contributed by atoms with van der Waals surface area (Å²) in [4.78, 5) is 0. The highest BCUT2D eigenvalue weighted by Crippen LogP contribution is 2.29. The van der Waals surface area contributed by atoms with E-state index in [1.54, 1.807) is 0 Å². The maximum Gasteiger partial charge on any atom is 0.123 e. The number of aryl methyl sites for hydroxylation is 2. The third-order valence-corrected chi connectivity index (χ3v) is 4.42. The van der Waals surface area contributed by atoms with Gasteiger partial charge in [0, 0.05) is 30.4 Å². The van der Waals surface area contributed by atoms with Crippen molar-refractivity contribution in [2.45, 2.75) is 38.1 Å². The van der Waals surface area contributed by atoms with Gasteiger partial charge in [0.05, 0.1) is 0 Å². The molecule has 1 aromatic heterocycles. The molecule has 0 amide bonds. The molecule has 0 aliphatic carbocycles. The van der Waals surface area contributed by atoms with Crippen LogP contribution in [0.3, 0.4) is 0 Å². The highest BCUT2D eigenvalue weighted by atomic mass is 19.1. The first-order chi connectivity index (χ1) is 9.95. The lowest BCUT2D eigenvalue weighted by atomic mass is 9.76. The van der Waals surface area contributed by atoms with Gasteiger partial charge in [-0.25, -0.2) is 4.39 Å². The molecule has 21 heavy (non-hydrogen) atoms. The highest BCUT2D eigenvalue weighted by Gasteiger charge is 2.30. The van der Waals surface area contributed by atoms with Crippen molar-refractivity contribution >= 4 is 0 Å². The summed E-state index contributed by atoms with van der Waals surface area (Å²) in [6, 6.07) is 9.18. The summed E-state index contributed by atoms with van der Waals surface area (Å²) in [5, 5.41) is 7.62. The Hall–Kier alpha value is -1.68. The number of aromatic nitrogens is 2. The van der Waals surface area contributed by atoms with Crippen LogP contribution < -0.4 is 5.32 Å². The molecule has 1 heterocycles. The Bertz CT molecular complexity index is 572. The van der Waals surface area contributed by atoms with Gasteiger partial charge < -0.3 is 5.32 Å². The normalized spacial score (nSPS) is 13.4. The smallest absolute Gasteiger partial charge is 0.123 e. The second-order valence-corrected chi connectivity index (χ2v) is 6.05. The van der Waals surface area contributed by atoms with Gasteiger partial charge in [0.25, 0.3) is 0 Å². The summed E-state index contributed by atoms with van der Waals surface area (Å²) in [5.41, 5.74) is 2.31. The lowest BCUT2D eigenvalue weighted by Crippen LogP contribution is -2.43. The second-order valence-electron chi connectivity index (χ2n) is 6.05. The zero-order chi connectivity index (χ0) is 15.5. The Balaban J connectivity index is 2.11. The molecule has 1 atom stereocenters. The van der Waals surface area contributed by atoms with Crippen LogP contribution in [0.25, 0.3) is 0 Å². The molecule has 0 fully saturated rings. The fourth-order valence-corrected chi connectivity index (χ4v) is 2.89. The maximum absolute atomic E-state index is 13.1. The fraction of sp³-hybridized carbons (Fsp3) is 0.471. The number of nitrogens with one attached hydrogen (secondary N) is 1. The molecular formula is C17H24FN3. The van der Waals surface area contributed by atoms with E-state index in [0.29, 0.717) is 6.04 Å². The molecule has 0 spiro atoms. The van der Waals surface area contributed by atoms with Crippen LogP contribution in [0.1, 0.15) is 31.5 Å². The molecule has 3 nitrogen and oxygen atoms in total. The third-order valence-electron chi connectivity index (χ3n) is 4.42. The van der Waals surface area contributed by atoms with E-state index in [4.69, 9.17) is 0 Å². The molecule has 0 saturated carbocycles. The highest BCUT2D eigenvalue weighted by molar-refractivity contribution is 5.26. The Morgan fingerprint density at radius 3 is 2.43 bits per heavy atom. The van der Waals surface area contributed by atoms with Crippen molar-refractivity contribution in [2.75, 3.05) is 7.05 Å². The second kappa shape index (κ2) is 6.39. The van der Waals surface area contributed by atoms with Crippen LogP contribution in [0.2, 0.25) is 0 Å². The number of nitrogens with zero attached hydrogens (tertiary/aromatic N) is 2. The summed E-state index contributed by atoms with van der Waals surface area (Å²) in [7, 11) is 3.95. The van der Waals surface area contributed by atoms with Gasteiger partial charge in [0.1, 0.15) is 5.82 Å². The zero-order valence-corrected chi connectivity index (χ0v) is 13.2. The van der Waals surface area contributed by atoms with Crippen LogP contribution in [0, 0.1) is 5.82 Å². The van der Waals surface area contributed by atoms with E-state index >= 15 is 0 Å². The van der Waals surface area contributed by atoms with Crippen molar-refractivity contribution in [3.05, 3.63) is 53.6 Å². The first-order valence-corrected chi connectivity index (χ1v) is 7.35. The molecule has 1 N–H and O–H groups in total. The molecule has 4 heteroatoms. The number of benzene rings is 1. The Kier molecular flexibility index (Phi) is 4.78.